The van der Waals surface area contributed by atoms with Gasteiger partial charge in [-0.25, -0.2) is 4.79 Å². The molecule has 0 heterocycles. The van der Waals surface area contributed by atoms with Crippen molar-refractivity contribution in [1.82, 2.24) is 15.5 Å². The van der Waals surface area contributed by atoms with Crippen molar-refractivity contribution in [3.05, 3.63) is 35.4 Å². The number of nitrogens with one attached hydrogen (secondary N) is 2. The second kappa shape index (κ2) is 12.2. The highest BCUT2D eigenvalue weighted by atomic mass is 16.6. The molecule has 9 nitrogen and oxygen atoms in total. The van der Waals surface area contributed by atoms with Crippen LogP contribution >= 0.6 is 0 Å². The van der Waals surface area contributed by atoms with Crippen molar-refractivity contribution in [1.29, 1.82) is 0 Å². The van der Waals surface area contributed by atoms with Crippen molar-refractivity contribution in [2.75, 3.05) is 13.7 Å². The summed E-state index contributed by atoms with van der Waals surface area (Å²) in [7, 11) is 1.24. The van der Waals surface area contributed by atoms with Crippen molar-refractivity contribution in [2.24, 2.45) is 11.8 Å². The van der Waals surface area contributed by atoms with E-state index in [1.54, 1.807) is 31.7 Å². The van der Waals surface area contributed by atoms with Crippen LogP contribution in [-0.4, -0.2) is 60.1 Å². The second-order valence-corrected chi connectivity index (χ2v) is 10.6. The summed E-state index contributed by atoms with van der Waals surface area (Å²) in [6.45, 7) is 12.7. The average Bonchev–Trinajstić information content (AvgIpc) is 3.52. The Morgan fingerprint density at radius 2 is 1.83 bits per heavy atom. The Labute approximate surface area is 214 Å². The molecule has 5 unspecified atom stereocenters. The number of benzene rings is 1. The van der Waals surface area contributed by atoms with E-state index in [1.807, 2.05) is 45.9 Å². The normalized spacial score (nSPS) is 19.3. The minimum absolute atomic E-state index is 0.182. The number of aryl methyl sites for hydroxylation is 1. The predicted molar refractivity (Wildman–Crippen MR) is 136 cm³/mol. The van der Waals surface area contributed by atoms with Gasteiger partial charge in [-0.3, -0.25) is 14.4 Å². The van der Waals surface area contributed by atoms with Gasteiger partial charge in [-0.05, 0) is 51.5 Å². The van der Waals surface area contributed by atoms with Crippen LogP contribution in [0.4, 0.5) is 4.79 Å². The van der Waals surface area contributed by atoms with Gasteiger partial charge in [0, 0.05) is 6.04 Å². The Hall–Kier alpha value is -3.10. The fourth-order valence-corrected chi connectivity index (χ4v) is 4.06. The topological polar surface area (TPSA) is 114 Å². The molecule has 1 aliphatic rings. The van der Waals surface area contributed by atoms with Gasteiger partial charge in [-0.2, -0.15) is 0 Å². The molecule has 1 aromatic carbocycles. The lowest BCUT2D eigenvalue weighted by molar-refractivity contribution is -0.146. The van der Waals surface area contributed by atoms with Gasteiger partial charge in [0.15, 0.2) is 0 Å². The molecule has 1 aliphatic carbocycles. The number of rotatable bonds is 10. The molecule has 0 aliphatic heterocycles. The lowest BCUT2D eigenvalue weighted by atomic mass is 9.95. The minimum atomic E-state index is -0.982. The van der Waals surface area contributed by atoms with Gasteiger partial charge in [0.2, 0.25) is 11.8 Å². The zero-order valence-electron chi connectivity index (χ0n) is 22.7. The molecular formula is C27H41N3O6. The van der Waals surface area contributed by atoms with E-state index in [9.17, 15) is 19.2 Å². The minimum Gasteiger partial charge on any atom is -0.468 e. The Bertz CT molecular complexity index is 957. The highest BCUT2D eigenvalue weighted by molar-refractivity contribution is 5.93. The number of alkyl carbamates (subject to hydrolysis) is 1. The lowest BCUT2D eigenvalue weighted by Gasteiger charge is -2.36. The zero-order valence-corrected chi connectivity index (χ0v) is 22.7. The van der Waals surface area contributed by atoms with Gasteiger partial charge in [0.25, 0.3) is 0 Å². The van der Waals surface area contributed by atoms with E-state index in [0.717, 1.165) is 12.0 Å². The molecule has 2 N–H and O–H groups in total. The summed E-state index contributed by atoms with van der Waals surface area (Å²) in [5, 5.41) is 5.38. The number of methoxy groups -OCH3 is 1. The predicted octanol–water partition coefficient (Wildman–Crippen LogP) is 3.50. The molecule has 0 aromatic heterocycles. The summed E-state index contributed by atoms with van der Waals surface area (Å²) in [5.74, 6) is -1.46. The van der Waals surface area contributed by atoms with Crippen molar-refractivity contribution in [3.63, 3.8) is 0 Å². The van der Waals surface area contributed by atoms with Gasteiger partial charge in [0.1, 0.15) is 24.2 Å². The summed E-state index contributed by atoms with van der Waals surface area (Å²) < 4.78 is 10.1. The first-order valence-corrected chi connectivity index (χ1v) is 12.5. The van der Waals surface area contributed by atoms with E-state index < -0.39 is 35.7 Å². The molecule has 1 saturated carbocycles. The molecule has 0 bridgehead atoms. The second-order valence-electron chi connectivity index (χ2n) is 10.6. The third-order valence-electron chi connectivity index (χ3n) is 6.35. The Balaban J connectivity index is 2.49. The highest BCUT2D eigenvalue weighted by Gasteiger charge is 2.48. The first kappa shape index (κ1) is 29.1. The molecule has 1 fully saturated rings. The third kappa shape index (κ3) is 7.96. The van der Waals surface area contributed by atoms with E-state index >= 15 is 0 Å². The number of hydrogen-bond acceptors (Lipinski definition) is 6. The average molecular weight is 504 g/mol. The molecule has 0 radical (unpaired) electrons. The maximum Gasteiger partial charge on any atom is 0.408 e. The summed E-state index contributed by atoms with van der Waals surface area (Å²) in [4.78, 5) is 53.6. The molecule has 2 rings (SSSR count). The molecule has 3 amide bonds. The molecular weight excluding hydrogens is 462 g/mol. The van der Waals surface area contributed by atoms with Crippen LogP contribution in [0, 0.1) is 18.8 Å². The van der Waals surface area contributed by atoms with E-state index in [4.69, 9.17) is 4.74 Å². The Morgan fingerprint density at radius 1 is 1.19 bits per heavy atom. The quantitative estimate of drug-likeness (QED) is 0.473. The van der Waals surface area contributed by atoms with Crippen LogP contribution in [0.15, 0.2) is 24.3 Å². The molecule has 1 aromatic rings. The van der Waals surface area contributed by atoms with Crippen molar-refractivity contribution >= 4 is 23.9 Å². The number of carbonyl (C=O) groups is 4. The van der Waals surface area contributed by atoms with Gasteiger partial charge in [0.05, 0.1) is 7.11 Å². The van der Waals surface area contributed by atoms with Crippen LogP contribution in [0.2, 0.25) is 0 Å². The number of amides is 3. The fraction of sp³-hybridized carbons (Fsp3) is 0.630. The number of ether oxygens (including phenoxy) is 2. The smallest absolute Gasteiger partial charge is 0.408 e. The molecule has 5 atom stereocenters. The summed E-state index contributed by atoms with van der Waals surface area (Å²) in [5.41, 5.74) is 0.834. The lowest BCUT2D eigenvalue weighted by Crippen LogP contribution is -2.56. The summed E-state index contributed by atoms with van der Waals surface area (Å²) in [6.07, 6.45) is 0.675. The van der Waals surface area contributed by atoms with Crippen LogP contribution in [0.25, 0.3) is 0 Å². The first-order valence-electron chi connectivity index (χ1n) is 12.5. The highest BCUT2D eigenvalue weighted by Crippen LogP contribution is 2.41. The number of carbonyl (C=O) groups excluding carboxylic acids is 4. The molecule has 0 spiro atoms. The summed E-state index contributed by atoms with van der Waals surface area (Å²) in [6, 6.07) is 5.33. The van der Waals surface area contributed by atoms with E-state index in [0.29, 0.717) is 12.0 Å². The van der Waals surface area contributed by atoms with Crippen LogP contribution in [0.3, 0.4) is 0 Å². The van der Waals surface area contributed by atoms with Crippen LogP contribution in [-0.2, 0) is 23.9 Å². The molecule has 9 heteroatoms. The molecule has 200 valence electrons. The van der Waals surface area contributed by atoms with E-state index in [-0.39, 0.29) is 30.3 Å². The Morgan fingerprint density at radius 3 is 2.33 bits per heavy atom. The van der Waals surface area contributed by atoms with Crippen molar-refractivity contribution in [3.8, 4) is 0 Å². The van der Waals surface area contributed by atoms with E-state index in [2.05, 4.69) is 15.4 Å². The van der Waals surface area contributed by atoms with Crippen LogP contribution < -0.4 is 10.6 Å². The Kier molecular flexibility index (Phi) is 9.90. The van der Waals surface area contributed by atoms with Crippen LogP contribution in [0.5, 0.6) is 0 Å². The SMILES string of the molecule is CCC(C)C(NC(=O)OC(C)(C)C)C(=O)N(C(C(=O)NCC(=O)OC)c1cccc(C)c1)C1CC1C. The van der Waals surface area contributed by atoms with Crippen LogP contribution in [0.1, 0.15) is 71.6 Å². The molecule has 0 saturated heterocycles. The number of esters is 1. The first-order chi connectivity index (χ1) is 16.8. The summed E-state index contributed by atoms with van der Waals surface area (Å²) >= 11 is 0. The molecule has 36 heavy (non-hydrogen) atoms. The van der Waals surface area contributed by atoms with Crippen molar-refractivity contribution in [2.45, 2.75) is 85.0 Å². The fourth-order valence-electron chi connectivity index (χ4n) is 4.06. The maximum atomic E-state index is 14.2. The van der Waals surface area contributed by atoms with Gasteiger partial charge >= 0.3 is 12.1 Å². The zero-order chi connectivity index (χ0) is 27.2. The largest absolute Gasteiger partial charge is 0.468 e. The van der Waals surface area contributed by atoms with E-state index in [1.165, 1.54) is 7.11 Å². The number of nitrogens with zero attached hydrogens (tertiary/aromatic N) is 1. The van der Waals surface area contributed by atoms with Gasteiger partial charge in [-0.1, -0.05) is 57.0 Å². The standard InChI is InChI=1S/C27H41N3O6/c1-9-17(3)22(29-26(34)36-27(5,6)7)25(33)30(20-14-18(20)4)23(19-12-10-11-16(2)13-19)24(32)28-15-21(31)35-8/h10-13,17-18,20,22-23H,9,14-15H2,1-8H3,(H,28,32)(H,29,34). The monoisotopic (exact) mass is 503 g/mol. The maximum absolute atomic E-state index is 14.2. The van der Waals surface area contributed by atoms with Crippen molar-refractivity contribution < 1.29 is 28.7 Å². The number of hydrogen-bond donors (Lipinski definition) is 2. The van der Waals surface area contributed by atoms with Gasteiger partial charge < -0.3 is 25.0 Å². The third-order valence-corrected chi connectivity index (χ3v) is 6.35. The van der Waals surface area contributed by atoms with Gasteiger partial charge in [-0.15, -0.1) is 0 Å².